The second kappa shape index (κ2) is 7.26. The van der Waals surface area contributed by atoms with Crippen molar-refractivity contribution in [3.8, 4) is 5.69 Å². The minimum atomic E-state index is -0.626. The fourth-order valence-electron chi connectivity index (χ4n) is 3.44. The lowest BCUT2D eigenvalue weighted by Gasteiger charge is -2.28. The van der Waals surface area contributed by atoms with E-state index < -0.39 is 11.7 Å². The van der Waals surface area contributed by atoms with Gasteiger partial charge in [0.25, 0.3) is 0 Å². The third-order valence-electron chi connectivity index (χ3n) is 4.81. The molecule has 2 amide bonds. The van der Waals surface area contributed by atoms with Crippen LogP contribution in [0.5, 0.6) is 0 Å². The molecule has 7 heteroatoms. The summed E-state index contributed by atoms with van der Waals surface area (Å²) in [6.07, 6.45) is 3.63. The first kappa shape index (κ1) is 17.9. The Labute approximate surface area is 161 Å². The van der Waals surface area contributed by atoms with Gasteiger partial charge >= 0.3 is 0 Å². The maximum atomic E-state index is 13.5. The van der Waals surface area contributed by atoms with Crippen LogP contribution in [0.1, 0.15) is 23.5 Å². The highest BCUT2D eigenvalue weighted by Crippen LogP contribution is 2.34. The molecule has 0 saturated carbocycles. The maximum absolute atomic E-state index is 13.5. The summed E-state index contributed by atoms with van der Waals surface area (Å²) in [7, 11) is 1.69. The highest BCUT2D eigenvalue weighted by Gasteiger charge is 2.32. The molecule has 2 aromatic carbocycles. The molecule has 0 fully saturated rings. The van der Waals surface area contributed by atoms with Crippen LogP contribution in [0, 0.1) is 5.82 Å². The average Bonchev–Trinajstić information content (AvgIpc) is 3.15. The first-order chi connectivity index (χ1) is 13.5. The molecule has 142 valence electrons. The number of halogens is 1. The second-order valence-corrected chi connectivity index (χ2v) is 6.86. The zero-order chi connectivity index (χ0) is 19.7. The van der Waals surface area contributed by atoms with Crippen LogP contribution in [0.2, 0.25) is 0 Å². The lowest BCUT2D eigenvalue weighted by molar-refractivity contribution is -0.134. The molecular formula is C21H19FN4O2. The number of carbonyl (C=O) groups is 2. The van der Waals surface area contributed by atoms with Gasteiger partial charge in [-0.1, -0.05) is 24.3 Å². The Morgan fingerprint density at radius 3 is 2.86 bits per heavy atom. The summed E-state index contributed by atoms with van der Waals surface area (Å²) in [5, 5.41) is 6.97. The Morgan fingerprint density at radius 2 is 2.07 bits per heavy atom. The first-order valence-corrected chi connectivity index (χ1v) is 8.94. The van der Waals surface area contributed by atoms with Crippen molar-refractivity contribution >= 4 is 17.5 Å². The van der Waals surface area contributed by atoms with Crippen molar-refractivity contribution in [1.82, 2.24) is 14.7 Å². The number of aromatic nitrogens is 2. The molecule has 6 nitrogen and oxygen atoms in total. The number of carbonyl (C=O) groups excluding carboxylic acids is 2. The van der Waals surface area contributed by atoms with E-state index in [0.717, 1.165) is 11.3 Å². The van der Waals surface area contributed by atoms with Crippen molar-refractivity contribution in [2.75, 3.05) is 12.4 Å². The van der Waals surface area contributed by atoms with Crippen molar-refractivity contribution < 1.29 is 14.0 Å². The number of hydrogen-bond acceptors (Lipinski definition) is 3. The standard InChI is InChI=1S/C21H19FN4O2/c1-25(12-14-11-23-26(13-14)16-5-3-2-4-6-16)21(28)18-10-20(27)24-19-9-15(22)7-8-17(18)19/h2-9,11,13,18H,10,12H2,1H3,(H,24,27). The Hall–Kier alpha value is -3.48. The van der Waals surface area contributed by atoms with Crippen LogP contribution in [0.15, 0.2) is 60.9 Å². The van der Waals surface area contributed by atoms with Crippen molar-refractivity contribution in [2.45, 2.75) is 18.9 Å². The van der Waals surface area contributed by atoms with Crippen molar-refractivity contribution in [3.05, 3.63) is 77.9 Å². The molecule has 0 bridgehead atoms. The van der Waals surface area contributed by atoms with E-state index in [4.69, 9.17) is 0 Å². The minimum absolute atomic E-state index is 0.0467. The molecule has 1 aliphatic heterocycles. The van der Waals surface area contributed by atoms with Crippen LogP contribution in [0.3, 0.4) is 0 Å². The van der Waals surface area contributed by atoms with Crippen LogP contribution < -0.4 is 5.32 Å². The molecule has 0 aliphatic carbocycles. The summed E-state index contributed by atoms with van der Waals surface area (Å²) in [6, 6.07) is 13.8. The molecule has 1 unspecified atom stereocenters. The number of likely N-dealkylation sites (N-methyl/N-ethyl adjacent to an activating group) is 1. The number of nitrogens with one attached hydrogen (secondary N) is 1. The van der Waals surface area contributed by atoms with Gasteiger partial charge in [0.05, 0.1) is 17.8 Å². The van der Waals surface area contributed by atoms with E-state index in [2.05, 4.69) is 10.4 Å². The maximum Gasteiger partial charge on any atom is 0.230 e. The van der Waals surface area contributed by atoms with Gasteiger partial charge in [-0.25, -0.2) is 9.07 Å². The molecule has 1 aliphatic rings. The lowest BCUT2D eigenvalue weighted by Crippen LogP contribution is -2.36. The van der Waals surface area contributed by atoms with Crippen LogP contribution in [0.25, 0.3) is 5.69 Å². The van der Waals surface area contributed by atoms with Crippen LogP contribution in [-0.2, 0) is 16.1 Å². The summed E-state index contributed by atoms with van der Waals surface area (Å²) in [5.41, 5.74) is 2.81. The van der Waals surface area contributed by atoms with E-state index in [0.29, 0.717) is 17.8 Å². The number of nitrogens with zero attached hydrogens (tertiary/aromatic N) is 3. The summed E-state index contributed by atoms with van der Waals surface area (Å²) in [5.74, 6) is -1.55. The van der Waals surface area contributed by atoms with Gasteiger partial charge in [0.1, 0.15) is 5.82 Å². The molecule has 0 spiro atoms. The molecule has 3 aromatic rings. The normalized spacial score (nSPS) is 15.6. The van der Waals surface area contributed by atoms with E-state index in [-0.39, 0.29) is 18.2 Å². The largest absolute Gasteiger partial charge is 0.341 e. The molecule has 1 N–H and O–H groups in total. The number of amides is 2. The van der Waals surface area contributed by atoms with E-state index in [1.54, 1.807) is 28.9 Å². The highest BCUT2D eigenvalue weighted by atomic mass is 19.1. The molecule has 28 heavy (non-hydrogen) atoms. The summed E-state index contributed by atoms with van der Waals surface area (Å²) in [6.45, 7) is 0.361. The van der Waals surface area contributed by atoms with E-state index >= 15 is 0 Å². The zero-order valence-corrected chi connectivity index (χ0v) is 15.3. The van der Waals surface area contributed by atoms with Gasteiger partial charge < -0.3 is 10.2 Å². The Kier molecular flexibility index (Phi) is 4.65. The monoisotopic (exact) mass is 378 g/mol. The van der Waals surface area contributed by atoms with Crippen molar-refractivity contribution in [1.29, 1.82) is 0 Å². The molecule has 2 heterocycles. The molecule has 1 aromatic heterocycles. The highest BCUT2D eigenvalue weighted by molar-refractivity contribution is 6.01. The first-order valence-electron chi connectivity index (χ1n) is 8.94. The Balaban J connectivity index is 1.52. The van der Waals surface area contributed by atoms with Crippen LogP contribution in [-0.4, -0.2) is 33.5 Å². The summed E-state index contributed by atoms with van der Waals surface area (Å²) in [4.78, 5) is 26.5. The average molecular weight is 378 g/mol. The van der Waals surface area contributed by atoms with Crippen molar-refractivity contribution in [3.63, 3.8) is 0 Å². The SMILES string of the molecule is CN(Cc1cnn(-c2ccccc2)c1)C(=O)C1CC(=O)Nc2cc(F)ccc21. The smallest absolute Gasteiger partial charge is 0.230 e. The third kappa shape index (κ3) is 3.51. The predicted octanol–water partition coefficient (Wildman–Crippen LogP) is 3.10. The molecule has 0 radical (unpaired) electrons. The van der Waals surface area contributed by atoms with Gasteiger partial charge in [0.2, 0.25) is 11.8 Å². The van der Waals surface area contributed by atoms with Gasteiger partial charge in [-0.3, -0.25) is 9.59 Å². The van der Waals surface area contributed by atoms with Crippen molar-refractivity contribution in [2.24, 2.45) is 0 Å². The van der Waals surface area contributed by atoms with E-state index in [9.17, 15) is 14.0 Å². The summed E-state index contributed by atoms with van der Waals surface area (Å²) >= 11 is 0. The van der Waals surface area contributed by atoms with Crippen LogP contribution in [0.4, 0.5) is 10.1 Å². The quantitative estimate of drug-likeness (QED) is 0.759. The molecule has 0 saturated heterocycles. The second-order valence-electron chi connectivity index (χ2n) is 6.86. The number of anilines is 1. The minimum Gasteiger partial charge on any atom is -0.341 e. The Morgan fingerprint density at radius 1 is 1.29 bits per heavy atom. The molecule has 1 atom stereocenters. The fraction of sp³-hybridized carbons (Fsp3) is 0.190. The van der Waals surface area contributed by atoms with E-state index in [1.165, 1.54) is 12.1 Å². The van der Waals surface area contributed by atoms with Gasteiger partial charge in [-0.2, -0.15) is 5.10 Å². The topological polar surface area (TPSA) is 67.2 Å². The zero-order valence-electron chi connectivity index (χ0n) is 15.3. The van der Waals surface area contributed by atoms with Gasteiger partial charge in [0, 0.05) is 37.5 Å². The number of hydrogen-bond donors (Lipinski definition) is 1. The third-order valence-corrected chi connectivity index (χ3v) is 4.81. The van der Waals surface area contributed by atoms with Gasteiger partial charge in [-0.15, -0.1) is 0 Å². The molecular weight excluding hydrogens is 359 g/mol. The van der Waals surface area contributed by atoms with E-state index in [1.807, 2.05) is 36.5 Å². The van der Waals surface area contributed by atoms with Gasteiger partial charge in [-0.05, 0) is 29.8 Å². The predicted molar refractivity (Wildman–Crippen MR) is 102 cm³/mol. The fourth-order valence-corrected chi connectivity index (χ4v) is 3.44. The lowest BCUT2D eigenvalue weighted by atomic mass is 9.89. The summed E-state index contributed by atoms with van der Waals surface area (Å²) < 4.78 is 15.2. The number of rotatable bonds is 4. The van der Waals surface area contributed by atoms with Crippen LogP contribution >= 0.6 is 0 Å². The van der Waals surface area contributed by atoms with Gasteiger partial charge in [0.15, 0.2) is 0 Å². The molecule has 4 rings (SSSR count). The number of para-hydroxylation sites is 1. The number of benzene rings is 2. The Bertz CT molecular complexity index is 1030. The number of fused-ring (bicyclic) bond motifs is 1.